The highest BCUT2D eigenvalue weighted by Crippen LogP contribution is 2.34. The second-order valence-electron chi connectivity index (χ2n) is 4.52. The number of benzene rings is 1. The molecule has 0 aliphatic carbocycles. The summed E-state index contributed by atoms with van der Waals surface area (Å²) in [5.41, 5.74) is 1.26. The van der Waals surface area contributed by atoms with Gasteiger partial charge in [0.1, 0.15) is 5.75 Å². The monoisotopic (exact) mass is 439 g/mol. The van der Waals surface area contributed by atoms with Crippen LogP contribution in [-0.4, -0.2) is 35.7 Å². The minimum atomic E-state index is 0.672. The summed E-state index contributed by atoms with van der Waals surface area (Å²) in [7, 11) is 0. The van der Waals surface area contributed by atoms with Gasteiger partial charge in [0.05, 0.1) is 15.6 Å². The summed E-state index contributed by atoms with van der Waals surface area (Å²) in [5, 5.41) is 4.31. The van der Waals surface area contributed by atoms with Gasteiger partial charge in [-0.15, -0.1) is 0 Å². The van der Waals surface area contributed by atoms with Crippen LogP contribution in [0.1, 0.15) is 12.5 Å². The van der Waals surface area contributed by atoms with Crippen molar-refractivity contribution in [1.29, 1.82) is 0 Å². The number of ether oxygens (including phenoxy) is 1. The molecule has 1 aliphatic rings. The average Bonchev–Trinajstić information content (AvgIpc) is 2.44. The summed E-state index contributed by atoms with van der Waals surface area (Å²) >= 11 is 11.3. The average molecular weight is 441 g/mol. The predicted molar refractivity (Wildman–Crippen MR) is 98.3 cm³/mol. The third-order valence-corrected chi connectivity index (χ3v) is 6.96. The number of nitrogens with one attached hydrogen (secondary N) is 1. The lowest BCUT2D eigenvalue weighted by atomic mass is 10.2. The van der Waals surface area contributed by atoms with Crippen molar-refractivity contribution in [2.45, 2.75) is 18.7 Å². The summed E-state index contributed by atoms with van der Waals surface area (Å²) in [4.78, 5) is 0. The summed E-state index contributed by atoms with van der Waals surface area (Å²) in [6.07, 6.45) is 0. The Bertz CT molecular complexity index is 416. The van der Waals surface area contributed by atoms with Crippen molar-refractivity contribution in [2.24, 2.45) is 0 Å². The Hall–Kier alpha value is 0.640. The Kier molecular flexibility index (Phi) is 7.59. The van der Waals surface area contributed by atoms with Crippen molar-refractivity contribution in [2.75, 3.05) is 30.4 Å². The van der Waals surface area contributed by atoms with Crippen LogP contribution in [0.5, 0.6) is 5.75 Å². The Morgan fingerprint density at radius 2 is 2.05 bits per heavy atom. The van der Waals surface area contributed by atoms with E-state index in [4.69, 9.17) is 4.74 Å². The summed E-state index contributed by atoms with van der Waals surface area (Å²) in [5.74, 6) is 4.75. The van der Waals surface area contributed by atoms with Gasteiger partial charge < -0.3 is 10.1 Å². The molecule has 20 heavy (non-hydrogen) atoms. The first-order chi connectivity index (χ1) is 9.70. The van der Waals surface area contributed by atoms with E-state index in [-0.39, 0.29) is 0 Å². The molecule has 0 saturated carbocycles. The van der Waals surface area contributed by atoms with Crippen LogP contribution >= 0.6 is 55.4 Å². The lowest BCUT2D eigenvalue weighted by molar-refractivity contribution is 0.336. The largest absolute Gasteiger partial charge is 0.492 e. The van der Waals surface area contributed by atoms with Gasteiger partial charge in [-0.1, -0.05) is 0 Å². The minimum absolute atomic E-state index is 0.672. The number of halogens is 2. The van der Waals surface area contributed by atoms with Gasteiger partial charge in [-0.3, -0.25) is 0 Å². The molecule has 1 heterocycles. The van der Waals surface area contributed by atoms with Crippen LogP contribution in [0.2, 0.25) is 0 Å². The molecule has 1 saturated heterocycles. The predicted octanol–water partition coefficient (Wildman–Crippen LogP) is 4.55. The molecule has 1 atom stereocenters. The Balaban J connectivity index is 1.86. The highest BCUT2D eigenvalue weighted by Gasteiger charge is 2.14. The molecule has 1 aromatic rings. The molecule has 1 unspecified atom stereocenters. The third kappa shape index (κ3) is 5.13. The molecule has 0 bridgehead atoms. The van der Waals surface area contributed by atoms with Crippen LogP contribution < -0.4 is 10.1 Å². The van der Waals surface area contributed by atoms with Gasteiger partial charge in [0.2, 0.25) is 0 Å². The Labute approximate surface area is 146 Å². The SMILES string of the molecule is CCOc1c(Br)cc(CNCC2CSCCS2)cc1Br. The molecule has 1 N–H and O–H groups in total. The van der Waals surface area contributed by atoms with E-state index in [1.807, 2.05) is 6.92 Å². The van der Waals surface area contributed by atoms with E-state index in [1.54, 1.807) is 0 Å². The highest BCUT2D eigenvalue weighted by molar-refractivity contribution is 9.11. The van der Waals surface area contributed by atoms with E-state index in [0.29, 0.717) is 6.61 Å². The Morgan fingerprint density at radius 1 is 1.30 bits per heavy atom. The number of hydrogen-bond donors (Lipinski definition) is 1. The van der Waals surface area contributed by atoms with Crippen molar-refractivity contribution in [3.63, 3.8) is 0 Å². The van der Waals surface area contributed by atoms with E-state index in [0.717, 1.165) is 33.0 Å². The van der Waals surface area contributed by atoms with Gasteiger partial charge in [-0.05, 0) is 56.5 Å². The molecule has 1 aromatic carbocycles. The maximum atomic E-state index is 5.60. The molecule has 0 radical (unpaired) electrons. The van der Waals surface area contributed by atoms with Crippen molar-refractivity contribution >= 4 is 55.4 Å². The molecule has 6 heteroatoms. The fourth-order valence-corrected chi connectivity index (χ4v) is 6.19. The first kappa shape index (κ1) is 17.0. The molecular weight excluding hydrogens is 422 g/mol. The van der Waals surface area contributed by atoms with Gasteiger partial charge in [-0.2, -0.15) is 23.5 Å². The van der Waals surface area contributed by atoms with Crippen LogP contribution in [0.25, 0.3) is 0 Å². The molecule has 0 amide bonds. The highest BCUT2D eigenvalue weighted by atomic mass is 79.9. The second-order valence-corrected chi connectivity index (χ2v) is 8.79. The van der Waals surface area contributed by atoms with Crippen molar-refractivity contribution in [3.8, 4) is 5.75 Å². The molecule has 2 rings (SSSR count). The zero-order valence-corrected chi connectivity index (χ0v) is 16.3. The van der Waals surface area contributed by atoms with Gasteiger partial charge in [0.25, 0.3) is 0 Å². The van der Waals surface area contributed by atoms with Crippen LogP contribution in [0.4, 0.5) is 0 Å². The summed E-state index contributed by atoms with van der Waals surface area (Å²) < 4.78 is 7.62. The van der Waals surface area contributed by atoms with Crippen LogP contribution in [0.3, 0.4) is 0 Å². The molecule has 0 spiro atoms. The van der Waals surface area contributed by atoms with Crippen LogP contribution in [0, 0.1) is 0 Å². The normalized spacial score (nSPS) is 19.1. The molecule has 0 aromatic heterocycles. The van der Waals surface area contributed by atoms with Crippen LogP contribution in [0.15, 0.2) is 21.1 Å². The number of hydrogen-bond acceptors (Lipinski definition) is 4. The fourth-order valence-electron chi connectivity index (χ4n) is 2.03. The van der Waals surface area contributed by atoms with Gasteiger partial charge >= 0.3 is 0 Å². The van der Waals surface area contributed by atoms with E-state index in [2.05, 4.69) is 72.8 Å². The lowest BCUT2D eigenvalue weighted by Gasteiger charge is -2.21. The van der Waals surface area contributed by atoms with E-state index < -0.39 is 0 Å². The Morgan fingerprint density at radius 3 is 2.65 bits per heavy atom. The second kappa shape index (κ2) is 8.93. The maximum absolute atomic E-state index is 5.60. The van der Waals surface area contributed by atoms with Gasteiger partial charge in [0, 0.05) is 35.6 Å². The fraction of sp³-hybridized carbons (Fsp3) is 0.571. The standard InChI is InChI=1S/C14H19Br2NOS2/c1-2-18-14-12(15)5-10(6-13(14)16)7-17-8-11-9-19-3-4-20-11/h5-6,11,17H,2-4,7-9H2,1H3. The minimum Gasteiger partial charge on any atom is -0.492 e. The maximum Gasteiger partial charge on any atom is 0.147 e. The molecule has 1 aliphatic heterocycles. The van der Waals surface area contributed by atoms with Crippen molar-refractivity contribution in [1.82, 2.24) is 5.32 Å². The van der Waals surface area contributed by atoms with E-state index in [1.165, 1.54) is 22.8 Å². The van der Waals surface area contributed by atoms with E-state index in [9.17, 15) is 0 Å². The molecule has 1 fully saturated rings. The molecular formula is C14H19Br2NOS2. The molecule has 2 nitrogen and oxygen atoms in total. The van der Waals surface area contributed by atoms with E-state index >= 15 is 0 Å². The quantitative estimate of drug-likeness (QED) is 0.700. The first-order valence-corrected chi connectivity index (χ1v) is 10.5. The number of rotatable bonds is 6. The van der Waals surface area contributed by atoms with Crippen LogP contribution in [-0.2, 0) is 6.54 Å². The zero-order valence-electron chi connectivity index (χ0n) is 11.5. The number of thioether (sulfide) groups is 2. The molecule has 112 valence electrons. The zero-order chi connectivity index (χ0) is 14.4. The third-order valence-electron chi connectivity index (χ3n) is 2.93. The summed E-state index contributed by atoms with van der Waals surface area (Å²) in [6.45, 7) is 4.64. The van der Waals surface area contributed by atoms with Crippen molar-refractivity contribution in [3.05, 3.63) is 26.6 Å². The lowest BCUT2D eigenvalue weighted by Crippen LogP contribution is -2.28. The van der Waals surface area contributed by atoms with Gasteiger partial charge in [-0.25, -0.2) is 0 Å². The van der Waals surface area contributed by atoms with Crippen molar-refractivity contribution < 1.29 is 4.74 Å². The first-order valence-electron chi connectivity index (χ1n) is 6.71. The van der Waals surface area contributed by atoms with Gasteiger partial charge in [0.15, 0.2) is 0 Å². The smallest absolute Gasteiger partial charge is 0.147 e. The summed E-state index contributed by atoms with van der Waals surface area (Å²) in [6, 6.07) is 4.26. The topological polar surface area (TPSA) is 21.3 Å².